The smallest absolute Gasteiger partial charge is 0.322 e. The van der Waals surface area contributed by atoms with Gasteiger partial charge in [0, 0.05) is 10.3 Å². The van der Waals surface area contributed by atoms with E-state index >= 15 is 0 Å². The lowest BCUT2D eigenvalue weighted by Crippen LogP contribution is -2.32. The van der Waals surface area contributed by atoms with Crippen molar-refractivity contribution in [2.45, 2.75) is 65.9 Å². The van der Waals surface area contributed by atoms with Gasteiger partial charge in [0.1, 0.15) is 18.9 Å². The third-order valence-corrected chi connectivity index (χ3v) is 7.32. The maximum atomic E-state index is 12.3. The van der Waals surface area contributed by atoms with E-state index in [1.807, 2.05) is 39.8 Å². The van der Waals surface area contributed by atoms with Crippen LogP contribution >= 0.6 is 11.3 Å². The minimum absolute atomic E-state index is 0.232. The van der Waals surface area contributed by atoms with Crippen molar-refractivity contribution in [3.05, 3.63) is 51.2 Å². The first kappa shape index (κ1) is 25.9. The molecule has 0 saturated carbocycles. The van der Waals surface area contributed by atoms with Crippen LogP contribution in [0.15, 0.2) is 30.3 Å². The molecule has 0 fully saturated rings. The van der Waals surface area contributed by atoms with Crippen LogP contribution in [0.25, 0.3) is 0 Å². The highest BCUT2D eigenvalue weighted by Gasteiger charge is 2.33. The highest BCUT2D eigenvalue weighted by atomic mass is 32.1. The van der Waals surface area contributed by atoms with Gasteiger partial charge in [-0.05, 0) is 54.5 Å². The van der Waals surface area contributed by atoms with Crippen molar-refractivity contribution in [1.29, 1.82) is 0 Å². The van der Waals surface area contributed by atoms with Gasteiger partial charge in [0.05, 0.1) is 11.0 Å². The molecule has 1 amide bonds. The van der Waals surface area contributed by atoms with Crippen LogP contribution in [0.1, 0.15) is 73.1 Å². The SMILES string of the molecule is CCC(CC)(c1ccc(OCC(O)C(C)(C)C)c(C)c1)c1ccc(C(=O)NCC(=O)O)s1. The Labute approximate surface area is 194 Å². The summed E-state index contributed by atoms with van der Waals surface area (Å²) < 4.78 is 5.90. The first-order chi connectivity index (χ1) is 14.9. The number of nitrogens with one attached hydrogen (secondary N) is 1. The number of hydrogen-bond acceptors (Lipinski definition) is 5. The predicted molar refractivity (Wildman–Crippen MR) is 128 cm³/mol. The Balaban J connectivity index is 2.29. The van der Waals surface area contributed by atoms with Crippen LogP contribution in [-0.2, 0) is 10.2 Å². The number of ether oxygens (including phenoxy) is 1. The molecule has 7 heteroatoms. The zero-order valence-electron chi connectivity index (χ0n) is 19.8. The summed E-state index contributed by atoms with van der Waals surface area (Å²) >= 11 is 1.40. The number of aryl methyl sites for hydroxylation is 1. The number of aliphatic hydroxyl groups excluding tert-OH is 1. The van der Waals surface area contributed by atoms with Crippen LogP contribution in [0.5, 0.6) is 5.75 Å². The zero-order chi connectivity index (χ0) is 24.1. The minimum Gasteiger partial charge on any atom is -0.491 e. The molecular formula is C25H35NO5S. The number of rotatable bonds is 10. The number of hydrogen-bond donors (Lipinski definition) is 3. The number of benzene rings is 1. The first-order valence-electron chi connectivity index (χ1n) is 11.0. The summed E-state index contributed by atoms with van der Waals surface area (Å²) in [5.74, 6) is -0.695. The van der Waals surface area contributed by atoms with Gasteiger partial charge in [-0.25, -0.2) is 0 Å². The average Bonchev–Trinajstić information content (AvgIpc) is 3.22. The number of thiophene rings is 1. The van der Waals surface area contributed by atoms with Gasteiger partial charge in [-0.2, -0.15) is 0 Å². The quantitative estimate of drug-likeness (QED) is 0.474. The molecule has 0 aliphatic heterocycles. The topological polar surface area (TPSA) is 95.9 Å². The molecule has 1 aromatic heterocycles. The number of aliphatic hydroxyl groups is 1. The molecule has 2 rings (SSSR count). The van der Waals surface area contributed by atoms with E-state index in [0.29, 0.717) is 4.88 Å². The molecule has 0 aliphatic carbocycles. The van der Waals surface area contributed by atoms with Crippen molar-refractivity contribution in [3.8, 4) is 5.75 Å². The lowest BCUT2D eigenvalue weighted by Gasteiger charge is -2.32. The van der Waals surface area contributed by atoms with E-state index in [-0.39, 0.29) is 23.3 Å². The monoisotopic (exact) mass is 461 g/mol. The lowest BCUT2D eigenvalue weighted by atomic mass is 9.74. The number of carboxylic acids is 1. The summed E-state index contributed by atoms with van der Waals surface area (Å²) in [4.78, 5) is 24.6. The minimum atomic E-state index is -1.07. The first-order valence-corrected chi connectivity index (χ1v) is 11.8. The normalized spacial score (nSPS) is 13.0. The summed E-state index contributed by atoms with van der Waals surface area (Å²) in [7, 11) is 0. The van der Waals surface area contributed by atoms with E-state index in [2.05, 4.69) is 31.3 Å². The van der Waals surface area contributed by atoms with Crippen LogP contribution in [0.4, 0.5) is 0 Å². The van der Waals surface area contributed by atoms with Crippen molar-refractivity contribution in [3.63, 3.8) is 0 Å². The maximum Gasteiger partial charge on any atom is 0.322 e. The van der Waals surface area contributed by atoms with E-state index in [9.17, 15) is 14.7 Å². The van der Waals surface area contributed by atoms with Crippen LogP contribution in [0, 0.1) is 12.3 Å². The summed E-state index contributed by atoms with van der Waals surface area (Å²) in [5.41, 5.74) is 1.62. The molecule has 176 valence electrons. The molecule has 0 radical (unpaired) electrons. The fourth-order valence-electron chi connectivity index (χ4n) is 3.64. The van der Waals surface area contributed by atoms with Gasteiger partial charge >= 0.3 is 5.97 Å². The predicted octanol–water partition coefficient (Wildman–Crippen LogP) is 4.76. The third kappa shape index (κ3) is 5.90. The van der Waals surface area contributed by atoms with Crippen molar-refractivity contribution in [2.75, 3.05) is 13.2 Å². The summed E-state index contributed by atoms with van der Waals surface area (Å²) in [6, 6.07) is 9.86. The fraction of sp³-hybridized carbons (Fsp3) is 0.520. The van der Waals surface area contributed by atoms with Gasteiger partial charge in [0.2, 0.25) is 0 Å². The molecule has 1 atom stereocenters. The highest BCUT2D eigenvalue weighted by molar-refractivity contribution is 7.14. The van der Waals surface area contributed by atoms with Crippen molar-refractivity contribution in [1.82, 2.24) is 5.32 Å². The molecule has 0 saturated heterocycles. The van der Waals surface area contributed by atoms with Crippen LogP contribution in [0.2, 0.25) is 0 Å². The summed E-state index contributed by atoms with van der Waals surface area (Å²) in [6.45, 7) is 12.0. The molecule has 2 aromatic rings. The molecule has 1 aromatic carbocycles. The highest BCUT2D eigenvalue weighted by Crippen LogP contribution is 2.43. The van der Waals surface area contributed by atoms with Gasteiger partial charge in [0.25, 0.3) is 5.91 Å². The molecular weight excluding hydrogens is 426 g/mol. The van der Waals surface area contributed by atoms with Gasteiger partial charge in [-0.15, -0.1) is 11.3 Å². The van der Waals surface area contributed by atoms with Crippen molar-refractivity contribution >= 4 is 23.2 Å². The number of amides is 1. The Morgan fingerprint density at radius 2 is 1.78 bits per heavy atom. The maximum absolute atomic E-state index is 12.3. The Morgan fingerprint density at radius 3 is 2.31 bits per heavy atom. The third-order valence-electron chi connectivity index (χ3n) is 6.03. The number of carbonyl (C=O) groups is 2. The molecule has 0 bridgehead atoms. The number of aliphatic carboxylic acids is 1. The van der Waals surface area contributed by atoms with Gasteiger partial charge in [0.15, 0.2) is 0 Å². The molecule has 3 N–H and O–H groups in total. The lowest BCUT2D eigenvalue weighted by molar-refractivity contribution is -0.135. The Bertz CT molecular complexity index is 940. The number of carboxylic acid groups (broad SMARTS) is 1. The van der Waals surface area contributed by atoms with E-state index < -0.39 is 18.6 Å². The van der Waals surface area contributed by atoms with E-state index in [1.54, 1.807) is 6.07 Å². The largest absolute Gasteiger partial charge is 0.491 e. The zero-order valence-corrected chi connectivity index (χ0v) is 20.6. The van der Waals surface area contributed by atoms with E-state index in [0.717, 1.165) is 34.6 Å². The molecule has 1 unspecified atom stereocenters. The summed E-state index contributed by atoms with van der Waals surface area (Å²) in [5, 5.41) is 21.5. The standard InChI is InChI=1S/C25H35NO5S/c1-7-25(8-2,21-12-11-19(32-21)23(30)26-14-22(28)29)17-9-10-18(16(3)13-17)31-15-20(27)24(4,5)6/h9-13,20,27H,7-8,14-15H2,1-6H3,(H,26,30)(H,28,29). The van der Waals surface area contributed by atoms with Crippen LogP contribution in [0.3, 0.4) is 0 Å². The Hall–Kier alpha value is -2.38. The Morgan fingerprint density at radius 1 is 1.12 bits per heavy atom. The van der Waals surface area contributed by atoms with Crippen LogP contribution in [-0.4, -0.2) is 41.3 Å². The van der Waals surface area contributed by atoms with E-state index in [4.69, 9.17) is 9.84 Å². The van der Waals surface area contributed by atoms with Gasteiger partial charge < -0.3 is 20.3 Å². The van der Waals surface area contributed by atoms with Gasteiger partial charge in [-0.3, -0.25) is 9.59 Å². The average molecular weight is 462 g/mol. The molecule has 0 aliphatic rings. The second kappa shape index (κ2) is 10.5. The molecule has 1 heterocycles. The number of carbonyl (C=O) groups excluding carboxylic acids is 1. The van der Waals surface area contributed by atoms with E-state index in [1.165, 1.54) is 11.3 Å². The fourth-order valence-corrected chi connectivity index (χ4v) is 4.91. The second-order valence-electron chi connectivity index (χ2n) is 9.20. The van der Waals surface area contributed by atoms with Crippen molar-refractivity contribution < 1.29 is 24.5 Å². The molecule has 32 heavy (non-hydrogen) atoms. The van der Waals surface area contributed by atoms with Crippen molar-refractivity contribution in [2.24, 2.45) is 5.41 Å². The second-order valence-corrected chi connectivity index (χ2v) is 10.3. The Kier molecular flexibility index (Phi) is 8.48. The van der Waals surface area contributed by atoms with Gasteiger partial charge in [-0.1, -0.05) is 46.8 Å². The molecule has 6 nitrogen and oxygen atoms in total. The van der Waals surface area contributed by atoms with Crippen LogP contribution < -0.4 is 10.1 Å². The summed E-state index contributed by atoms with van der Waals surface area (Å²) in [6.07, 6.45) is 1.13. The molecule has 0 spiro atoms.